The lowest BCUT2D eigenvalue weighted by Crippen LogP contribution is -2.61. The molecule has 2 fully saturated rings. The Labute approximate surface area is 407 Å². The van der Waals surface area contributed by atoms with E-state index in [0.29, 0.717) is 59.9 Å². The van der Waals surface area contributed by atoms with Gasteiger partial charge in [-0.2, -0.15) is 0 Å². The van der Waals surface area contributed by atoms with Gasteiger partial charge in [0.1, 0.15) is 5.75 Å². The number of phenols is 3. The lowest BCUT2D eigenvalue weighted by Gasteiger charge is -2.49. The predicted octanol–water partition coefficient (Wildman–Crippen LogP) is 9.89. The van der Waals surface area contributed by atoms with Gasteiger partial charge in [-0.25, -0.2) is 0 Å². The molecule has 6 atom stereocenters. The number of ketones is 1. The highest BCUT2D eigenvalue weighted by Crippen LogP contribution is 2.51. The molecule has 0 radical (unpaired) electrons. The zero-order valence-electron chi connectivity index (χ0n) is 39.2. The quantitative estimate of drug-likeness (QED) is 0.0619. The van der Waals surface area contributed by atoms with Crippen molar-refractivity contribution in [3.63, 3.8) is 0 Å². The van der Waals surface area contributed by atoms with E-state index in [0.717, 1.165) is 59.7 Å². The second kappa shape index (κ2) is 20.9. The topological polar surface area (TPSA) is 164 Å². The fraction of sp³-hybridized carbons (Fsp3) is 0.411. The van der Waals surface area contributed by atoms with Crippen LogP contribution in [0.2, 0.25) is 0 Å². The van der Waals surface area contributed by atoms with E-state index >= 15 is 4.79 Å². The number of hydrogen-bond donors (Lipinski definition) is 7. The van der Waals surface area contributed by atoms with Crippen LogP contribution in [-0.4, -0.2) is 74.5 Å². The summed E-state index contributed by atoms with van der Waals surface area (Å²) in [6.45, 7) is 2.58. The Morgan fingerprint density at radius 3 is 2.46 bits per heavy atom. The van der Waals surface area contributed by atoms with Gasteiger partial charge in [0.05, 0.1) is 30.8 Å². The average Bonchev–Trinajstić information content (AvgIpc) is 4.05. The van der Waals surface area contributed by atoms with Crippen molar-refractivity contribution in [2.45, 2.75) is 107 Å². The molecule has 1 aliphatic heterocycles. The molecule has 68 heavy (non-hydrogen) atoms. The number of carbonyl (C=O) groups is 1. The molecular formula is C56H64N2O8S2. The Morgan fingerprint density at radius 1 is 0.868 bits per heavy atom. The highest BCUT2D eigenvalue weighted by molar-refractivity contribution is 8.76. The van der Waals surface area contributed by atoms with Crippen LogP contribution in [0.5, 0.6) is 28.7 Å². The molecule has 0 bridgehead atoms. The van der Waals surface area contributed by atoms with Crippen molar-refractivity contribution >= 4 is 38.1 Å². The molecule has 9 rings (SSSR count). The third kappa shape index (κ3) is 9.59. The van der Waals surface area contributed by atoms with E-state index < -0.39 is 35.4 Å². The number of aromatic hydroxyl groups is 3. The summed E-state index contributed by atoms with van der Waals surface area (Å²) in [6.07, 6.45) is 7.66. The van der Waals surface area contributed by atoms with Crippen LogP contribution < -0.4 is 14.8 Å². The number of hydrogen-bond acceptors (Lipinski definition) is 11. The second-order valence-electron chi connectivity index (χ2n) is 19.2. The number of fused-ring (bicyclic) bond motifs is 2. The third-order valence-corrected chi connectivity index (χ3v) is 17.4. The lowest BCUT2D eigenvalue weighted by molar-refractivity contribution is -0.149. The van der Waals surface area contributed by atoms with Crippen LogP contribution in [0.4, 0.5) is 0 Å². The zero-order chi connectivity index (χ0) is 47.5. The van der Waals surface area contributed by atoms with Crippen LogP contribution in [0, 0.1) is 17.8 Å². The number of aromatic nitrogens is 1. The molecule has 0 amide bonds. The normalized spacial score (nSPS) is 23.7. The van der Waals surface area contributed by atoms with E-state index in [1.807, 2.05) is 37.6 Å². The molecular weight excluding hydrogens is 893 g/mol. The highest BCUT2D eigenvalue weighted by atomic mass is 33.1. The molecule has 0 saturated heterocycles. The first-order chi connectivity index (χ1) is 33.0. The smallest absolute Gasteiger partial charge is 0.164 e. The number of carbonyl (C=O) groups excluding carboxylic acids is 1. The summed E-state index contributed by atoms with van der Waals surface area (Å²) in [5.41, 5.74) is 6.60. The number of aromatic amines is 1. The Kier molecular flexibility index (Phi) is 14.7. The van der Waals surface area contributed by atoms with Crippen molar-refractivity contribution in [3.8, 4) is 28.7 Å². The molecule has 2 saturated carbocycles. The molecule has 12 heteroatoms. The Bertz CT molecular complexity index is 2740. The fourth-order valence-electron chi connectivity index (χ4n) is 11.7. The first kappa shape index (κ1) is 47.9. The van der Waals surface area contributed by atoms with Gasteiger partial charge in [0.15, 0.2) is 28.8 Å². The minimum atomic E-state index is -1.61. The molecule has 6 aromatic rings. The second-order valence-corrected chi connectivity index (χ2v) is 21.7. The minimum Gasteiger partial charge on any atom is -0.508 e. The molecule has 3 aliphatic rings. The van der Waals surface area contributed by atoms with Gasteiger partial charge in [-0.15, -0.1) is 0 Å². The zero-order valence-corrected chi connectivity index (χ0v) is 40.8. The summed E-state index contributed by atoms with van der Waals surface area (Å²) in [7, 11) is 6.78. The maximum Gasteiger partial charge on any atom is 0.164 e. The lowest BCUT2D eigenvalue weighted by atomic mass is 9.55. The van der Waals surface area contributed by atoms with Crippen molar-refractivity contribution < 1.29 is 39.8 Å². The summed E-state index contributed by atoms with van der Waals surface area (Å²) < 4.78 is 12.4. The van der Waals surface area contributed by atoms with Crippen LogP contribution in [-0.2, 0) is 54.6 Å². The Balaban J connectivity index is 1.21. The first-order valence-electron chi connectivity index (χ1n) is 24.1. The molecule has 1 aromatic heterocycles. The van der Waals surface area contributed by atoms with Crippen LogP contribution >= 0.6 is 21.6 Å². The number of methoxy groups -OCH3 is 1. The monoisotopic (exact) mass is 956 g/mol. The largest absolute Gasteiger partial charge is 0.508 e. The summed E-state index contributed by atoms with van der Waals surface area (Å²) >= 11 is 0. The molecule has 5 aromatic carbocycles. The van der Waals surface area contributed by atoms with Gasteiger partial charge in [-0.1, -0.05) is 77.0 Å². The molecule has 7 N–H and O–H groups in total. The number of aliphatic hydroxyl groups excluding tert-OH is 2. The number of rotatable bonds is 11. The van der Waals surface area contributed by atoms with Gasteiger partial charge in [0.2, 0.25) is 0 Å². The van der Waals surface area contributed by atoms with E-state index in [-0.39, 0.29) is 42.0 Å². The first-order valence-corrected chi connectivity index (χ1v) is 26.6. The van der Waals surface area contributed by atoms with E-state index in [2.05, 4.69) is 47.6 Å². The van der Waals surface area contributed by atoms with E-state index in [1.165, 1.54) is 22.1 Å². The molecule has 0 spiro atoms. The van der Waals surface area contributed by atoms with Crippen molar-refractivity contribution in [1.82, 2.24) is 10.3 Å². The number of aliphatic hydroxyl groups is 2. The summed E-state index contributed by atoms with van der Waals surface area (Å²) in [5.74, 6) is -0.204. The van der Waals surface area contributed by atoms with E-state index in [4.69, 9.17) is 9.47 Å². The van der Waals surface area contributed by atoms with Gasteiger partial charge < -0.3 is 45.3 Å². The number of nitrogens with one attached hydrogen (secondary N) is 2. The van der Waals surface area contributed by atoms with E-state index in [9.17, 15) is 25.5 Å². The Hall–Kier alpha value is -5.11. The highest BCUT2D eigenvalue weighted by Gasteiger charge is 2.57. The van der Waals surface area contributed by atoms with Gasteiger partial charge in [0.25, 0.3) is 0 Å². The predicted molar refractivity (Wildman–Crippen MR) is 272 cm³/mol. The SMILES string of the molecule is CCc1ccc2cccc3c2c1Cc1c(ccc(O)c1OC)CC(Cc1cc[nH]c1)C(O)C1C(=O)C(Cc2ccc(O)c(OC4CCCC4)c2)(c2cc(O)cc(CNC)c2)C(O)CC1CSSC3. The maximum atomic E-state index is 16.4. The third-order valence-electron chi connectivity index (χ3n) is 15.0. The van der Waals surface area contributed by atoms with Crippen LogP contribution in [0.1, 0.15) is 89.1 Å². The number of H-pyrrole nitrogens is 1. The van der Waals surface area contributed by atoms with Crippen LogP contribution in [0.15, 0.2) is 97.3 Å². The number of ether oxygens (including phenoxy) is 2. The van der Waals surface area contributed by atoms with Gasteiger partial charge >= 0.3 is 0 Å². The number of benzene rings is 5. The summed E-state index contributed by atoms with van der Waals surface area (Å²) in [5, 5.41) is 65.6. The molecule has 2 aliphatic carbocycles. The Morgan fingerprint density at radius 2 is 1.69 bits per heavy atom. The fourth-order valence-corrected chi connectivity index (χ4v) is 14.2. The average molecular weight is 957 g/mol. The number of phenolic OH excluding ortho intramolecular Hbond substituents is 3. The van der Waals surface area contributed by atoms with Crippen molar-refractivity contribution in [3.05, 3.63) is 147 Å². The summed E-state index contributed by atoms with van der Waals surface area (Å²) in [4.78, 5) is 19.6. The minimum absolute atomic E-state index is 0.00815. The number of aryl methyl sites for hydroxylation is 1. The van der Waals surface area contributed by atoms with Gasteiger partial charge in [0, 0.05) is 48.3 Å². The maximum absolute atomic E-state index is 16.4. The number of Topliss-reactive ketones (excluding diaryl/α,β-unsaturated/α-hetero) is 1. The van der Waals surface area contributed by atoms with Gasteiger partial charge in [-0.3, -0.25) is 4.79 Å². The molecule has 2 heterocycles. The summed E-state index contributed by atoms with van der Waals surface area (Å²) in [6, 6.07) is 26.7. The van der Waals surface area contributed by atoms with Crippen LogP contribution in [0.3, 0.4) is 0 Å². The van der Waals surface area contributed by atoms with Crippen molar-refractivity contribution in [2.75, 3.05) is 19.9 Å². The van der Waals surface area contributed by atoms with E-state index in [1.54, 1.807) is 65.1 Å². The van der Waals surface area contributed by atoms with Crippen LogP contribution in [0.25, 0.3) is 10.8 Å². The van der Waals surface area contributed by atoms with Crippen molar-refractivity contribution in [2.24, 2.45) is 17.8 Å². The van der Waals surface area contributed by atoms with Gasteiger partial charge in [-0.05, 0) is 168 Å². The molecule has 10 nitrogen and oxygen atoms in total. The molecule has 358 valence electrons. The molecule has 6 unspecified atom stereocenters. The standard InChI is InChI=1S/C56H64N2O8S2/c1-4-36-13-14-37-8-7-9-39-31-67-68-32-41-25-50(62)56(42-21-35(29-57-2)22-43(59)26-42,28-33-12-16-47(60)49(23-33)66-44-10-5-6-11-44)55(64)52(41)53(63)40(20-34-18-19-58-30-34)24-38-15-17-48(61)54(65-3)46(38)27-45(36)51(37)39/h7-9,12-19,21-23,26,30,40-41,44,50,52-53,57-63H,4-6,10-11,20,24-25,27-29,31-32H2,1-3H3. The van der Waals surface area contributed by atoms with Crippen molar-refractivity contribution in [1.29, 1.82) is 0 Å².